The number of hydrogen-bond acceptors (Lipinski definition) is 2. The molecule has 0 spiro atoms. The molecular weight excluding hydrogens is 399 g/mol. The summed E-state index contributed by atoms with van der Waals surface area (Å²) in [6.45, 7) is 2.06. The predicted molar refractivity (Wildman–Crippen MR) is 126 cm³/mol. The van der Waals surface area contributed by atoms with E-state index in [9.17, 15) is 0 Å². The lowest BCUT2D eigenvalue weighted by Crippen LogP contribution is -2.31. The first-order chi connectivity index (χ1) is 15.6. The molecule has 3 nitrogen and oxygen atoms in total. The van der Waals surface area contributed by atoms with Crippen molar-refractivity contribution in [2.45, 2.75) is 6.92 Å². The molecular formula is C28H20FN2O+. The largest absolute Gasteiger partial charge is 0.454 e. The van der Waals surface area contributed by atoms with Crippen molar-refractivity contribution in [3.8, 4) is 22.4 Å². The molecule has 4 aromatic carbocycles. The molecule has 32 heavy (non-hydrogen) atoms. The van der Waals surface area contributed by atoms with Crippen molar-refractivity contribution >= 4 is 32.7 Å². The van der Waals surface area contributed by atoms with Crippen LogP contribution >= 0.6 is 0 Å². The lowest BCUT2D eigenvalue weighted by atomic mass is 9.97. The van der Waals surface area contributed by atoms with E-state index in [4.69, 9.17) is 4.42 Å². The molecule has 0 N–H and O–H groups in total. The van der Waals surface area contributed by atoms with Crippen LogP contribution in [0.2, 0.25) is 0 Å². The van der Waals surface area contributed by atoms with Crippen LogP contribution in [0.4, 0.5) is 4.39 Å². The van der Waals surface area contributed by atoms with Crippen LogP contribution in [-0.4, -0.2) is 4.98 Å². The Morgan fingerprint density at radius 3 is 2.38 bits per heavy atom. The molecule has 6 aromatic rings. The van der Waals surface area contributed by atoms with Crippen molar-refractivity contribution in [1.29, 1.82) is 0 Å². The topological polar surface area (TPSA) is 29.9 Å². The minimum atomic E-state index is -0.292. The molecule has 0 aliphatic rings. The van der Waals surface area contributed by atoms with E-state index in [0.29, 0.717) is 11.1 Å². The van der Waals surface area contributed by atoms with Gasteiger partial charge in [-0.25, -0.2) is 8.96 Å². The zero-order valence-electron chi connectivity index (χ0n) is 17.8. The number of hydrogen-bond donors (Lipinski definition) is 0. The van der Waals surface area contributed by atoms with Gasteiger partial charge in [-0.05, 0) is 47.0 Å². The highest BCUT2D eigenvalue weighted by Crippen LogP contribution is 2.41. The van der Waals surface area contributed by atoms with Gasteiger partial charge in [0.25, 0.3) is 6.33 Å². The molecule has 2 aromatic heterocycles. The Morgan fingerprint density at radius 1 is 0.812 bits per heavy atom. The van der Waals surface area contributed by atoms with E-state index in [0.717, 1.165) is 49.5 Å². The molecule has 6 rings (SSSR count). The fourth-order valence-corrected chi connectivity index (χ4v) is 4.60. The van der Waals surface area contributed by atoms with Crippen LogP contribution in [0.25, 0.3) is 55.1 Å². The van der Waals surface area contributed by atoms with Gasteiger partial charge in [-0.15, -0.1) is 0 Å². The fourth-order valence-electron chi connectivity index (χ4n) is 4.60. The Bertz CT molecular complexity index is 1670. The van der Waals surface area contributed by atoms with Crippen LogP contribution in [0, 0.1) is 12.7 Å². The van der Waals surface area contributed by atoms with E-state index in [2.05, 4.69) is 30.1 Å². The van der Waals surface area contributed by atoms with Crippen LogP contribution in [-0.2, 0) is 7.05 Å². The quantitative estimate of drug-likeness (QED) is 0.291. The third-order valence-electron chi connectivity index (χ3n) is 6.20. The van der Waals surface area contributed by atoms with E-state index in [-0.39, 0.29) is 5.82 Å². The van der Waals surface area contributed by atoms with Crippen LogP contribution in [0.1, 0.15) is 5.56 Å². The van der Waals surface area contributed by atoms with Gasteiger partial charge in [0.1, 0.15) is 28.9 Å². The zero-order chi connectivity index (χ0) is 21.8. The lowest BCUT2D eigenvalue weighted by molar-refractivity contribution is -0.663. The minimum Gasteiger partial charge on any atom is -0.454 e. The van der Waals surface area contributed by atoms with Crippen LogP contribution < -0.4 is 4.57 Å². The summed E-state index contributed by atoms with van der Waals surface area (Å²) in [4.78, 5) is 4.20. The fraction of sp³-hybridized carbons (Fsp3) is 0.0714. The molecule has 0 aliphatic heterocycles. The van der Waals surface area contributed by atoms with Crippen molar-refractivity contribution in [2.75, 3.05) is 0 Å². The number of halogens is 1. The molecule has 0 fully saturated rings. The van der Waals surface area contributed by atoms with Crippen molar-refractivity contribution < 1.29 is 13.4 Å². The molecule has 4 heteroatoms. The number of benzene rings is 4. The average Bonchev–Trinajstić information content (AvgIpc) is 3.17. The number of furan rings is 1. The Hall–Kier alpha value is -4.05. The second-order valence-corrected chi connectivity index (χ2v) is 8.17. The lowest BCUT2D eigenvalue weighted by Gasteiger charge is -2.07. The van der Waals surface area contributed by atoms with Gasteiger partial charge in [0, 0.05) is 16.8 Å². The van der Waals surface area contributed by atoms with Crippen LogP contribution in [0.5, 0.6) is 0 Å². The summed E-state index contributed by atoms with van der Waals surface area (Å²) in [5.74, 6) is -0.292. The van der Waals surface area contributed by atoms with Crippen LogP contribution in [0.15, 0.2) is 89.7 Å². The first kappa shape index (κ1) is 18.7. The molecule has 0 unspecified atom stereocenters. The Labute approximate surface area is 184 Å². The highest BCUT2D eigenvalue weighted by molar-refractivity contribution is 6.13. The molecule has 0 aliphatic carbocycles. The summed E-state index contributed by atoms with van der Waals surface area (Å²) >= 11 is 0. The number of rotatable bonds is 2. The molecule has 154 valence electrons. The standard InChI is InChI=1S/C28H20FN2O/c1-17-7-10-21-22-11-12-23(29)26(20-9-8-18-5-3-4-6-19(18)15-20)28(22)32-27(21)25(17)24-13-14-30-16-31(24)2/h3-16H,1-2H3/q+1. The Kier molecular flexibility index (Phi) is 4.08. The molecule has 0 amide bonds. The van der Waals surface area contributed by atoms with E-state index >= 15 is 4.39 Å². The summed E-state index contributed by atoms with van der Waals surface area (Å²) in [5, 5.41) is 4.07. The summed E-state index contributed by atoms with van der Waals surface area (Å²) in [6, 6.07) is 23.6. The van der Waals surface area contributed by atoms with Gasteiger partial charge in [-0.2, -0.15) is 0 Å². The van der Waals surface area contributed by atoms with E-state index in [1.54, 1.807) is 12.5 Å². The Morgan fingerprint density at radius 2 is 1.56 bits per heavy atom. The number of aryl methyl sites for hydroxylation is 2. The third kappa shape index (κ3) is 2.73. The summed E-state index contributed by atoms with van der Waals surface area (Å²) < 4.78 is 23.7. The first-order valence-electron chi connectivity index (χ1n) is 10.6. The smallest absolute Gasteiger partial charge is 0.286 e. The van der Waals surface area contributed by atoms with Crippen molar-refractivity contribution in [3.63, 3.8) is 0 Å². The van der Waals surface area contributed by atoms with Crippen molar-refractivity contribution in [2.24, 2.45) is 7.05 Å². The van der Waals surface area contributed by atoms with Crippen molar-refractivity contribution in [1.82, 2.24) is 4.98 Å². The van der Waals surface area contributed by atoms with Gasteiger partial charge in [0.05, 0.1) is 18.2 Å². The average molecular weight is 419 g/mol. The predicted octanol–water partition coefficient (Wildman–Crippen LogP) is 6.74. The molecule has 0 saturated heterocycles. The molecule has 0 atom stereocenters. The van der Waals surface area contributed by atoms with E-state index in [1.165, 1.54) is 6.07 Å². The van der Waals surface area contributed by atoms with E-state index in [1.807, 2.05) is 60.1 Å². The Balaban J connectivity index is 1.70. The zero-order valence-corrected chi connectivity index (χ0v) is 17.8. The molecule has 0 radical (unpaired) electrons. The maximum atomic E-state index is 15.2. The summed E-state index contributed by atoms with van der Waals surface area (Å²) in [6.07, 6.45) is 3.55. The number of aromatic nitrogens is 2. The summed E-state index contributed by atoms with van der Waals surface area (Å²) in [5.41, 5.74) is 5.70. The highest BCUT2D eigenvalue weighted by Gasteiger charge is 2.22. The first-order valence-corrected chi connectivity index (χ1v) is 10.6. The molecule has 2 heterocycles. The van der Waals surface area contributed by atoms with Gasteiger partial charge < -0.3 is 4.42 Å². The van der Waals surface area contributed by atoms with Gasteiger partial charge in [-0.3, -0.25) is 0 Å². The normalized spacial score (nSPS) is 11.6. The van der Waals surface area contributed by atoms with Gasteiger partial charge in [0.15, 0.2) is 0 Å². The molecule has 0 saturated carbocycles. The van der Waals surface area contributed by atoms with Crippen LogP contribution in [0.3, 0.4) is 0 Å². The third-order valence-corrected chi connectivity index (χ3v) is 6.20. The van der Waals surface area contributed by atoms with Crippen molar-refractivity contribution in [3.05, 3.63) is 96.7 Å². The maximum Gasteiger partial charge on any atom is 0.286 e. The minimum absolute atomic E-state index is 0.292. The monoisotopic (exact) mass is 419 g/mol. The highest BCUT2D eigenvalue weighted by atomic mass is 19.1. The second kappa shape index (κ2) is 6.99. The van der Waals surface area contributed by atoms with Gasteiger partial charge >= 0.3 is 0 Å². The molecule has 0 bridgehead atoms. The van der Waals surface area contributed by atoms with Gasteiger partial charge in [-0.1, -0.05) is 53.5 Å². The van der Waals surface area contributed by atoms with Gasteiger partial charge in [0.2, 0.25) is 0 Å². The number of fused-ring (bicyclic) bond motifs is 4. The summed E-state index contributed by atoms with van der Waals surface area (Å²) in [7, 11) is 1.96. The maximum absolute atomic E-state index is 15.2. The second-order valence-electron chi connectivity index (χ2n) is 8.17. The number of nitrogens with zero attached hydrogens (tertiary/aromatic N) is 2. The SMILES string of the molecule is Cc1ccc2c(oc3c(-c4ccc5ccccc5c4)c(F)ccc32)c1-c1ccnc[n+]1C. The van der Waals surface area contributed by atoms with E-state index < -0.39 is 0 Å².